The van der Waals surface area contributed by atoms with Crippen molar-refractivity contribution in [2.45, 2.75) is 118 Å². The highest BCUT2D eigenvalue weighted by atomic mass is 16.6. The van der Waals surface area contributed by atoms with Crippen molar-refractivity contribution in [2.24, 2.45) is 50.2 Å². The smallest absolute Gasteiger partial charge is 0.309 e. The van der Waals surface area contributed by atoms with Crippen molar-refractivity contribution < 1.29 is 19.7 Å². The van der Waals surface area contributed by atoms with Gasteiger partial charge in [0, 0.05) is 5.41 Å². The van der Waals surface area contributed by atoms with Crippen LogP contribution in [0.25, 0.3) is 0 Å². The Morgan fingerprint density at radius 2 is 1.65 bits per heavy atom. The van der Waals surface area contributed by atoms with E-state index < -0.39 is 11.4 Å². The molecule has 0 amide bonds. The lowest BCUT2D eigenvalue weighted by Gasteiger charge is -2.70. The number of hydrogen-bond acceptors (Lipinski definition) is 3. The molecule has 4 saturated carbocycles. The standard InChI is InChI=1S/C30H46O4/c1-25(2)19-10-11-29(6)20(30(19,7)23-21(34-23)22(25)31)9-8-17-18-16-27(4,24(32)33)13-12-26(18,3)14-15-28(17,29)5/h8,18-23,31H,9-16H2,1-7H3,(H,32,33)/t18?,19?,20?,21-,22-,23-,26+,27-,28+,29+,30-/m0/s1. The molecule has 190 valence electrons. The van der Waals surface area contributed by atoms with Crippen LogP contribution in [0, 0.1) is 50.2 Å². The van der Waals surface area contributed by atoms with Crippen LogP contribution < -0.4 is 0 Å². The Hall–Kier alpha value is -0.870. The molecule has 4 heteroatoms. The van der Waals surface area contributed by atoms with Gasteiger partial charge < -0.3 is 14.9 Å². The number of carboxylic acids is 1. The van der Waals surface area contributed by atoms with Crippen molar-refractivity contribution in [2.75, 3.05) is 0 Å². The second kappa shape index (κ2) is 6.52. The summed E-state index contributed by atoms with van der Waals surface area (Å²) >= 11 is 0. The molecule has 1 heterocycles. The molecule has 4 nitrogen and oxygen atoms in total. The molecule has 3 unspecified atom stereocenters. The van der Waals surface area contributed by atoms with Gasteiger partial charge in [0.25, 0.3) is 0 Å². The molecule has 2 N–H and O–H groups in total. The number of aliphatic hydroxyl groups is 1. The highest BCUT2D eigenvalue weighted by molar-refractivity contribution is 5.74. The van der Waals surface area contributed by atoms with E-state index >= 15 is 0 Å². The predicted octanol–water partition coefficient (Wildman–Crippen LogP) is 6.22. The third-order valence-corrected chi connectivity index (χ3v) is 13.6. The molecule has 34 heavy (non-hydrogen) atoms. The summed E-state index contributed by atoms with van der Waals surface area (Å²) in [5, 5.41) is 21.1. The molecule has 6 aliphatic rings. The van der Waals surface area contributed by atoms with Crippen LogP contribution in [0.3, 0.4) is 0 Å². The second-order valence-corrected chi connectivity index (χ2v) is 15.2. The molecular formula is C30H46O4. The minimum atomic E-state index is -0.615. The molecule has 0 aromatic heterocycles. The van der Waals surface area contributed by atoms with E-state index in [0.717, 1.165) is 32.1 Å². The van der Waals surface area contributed by atoms with E-state index in [1.54, 1.807) is 5.57 Å². The van der Waals surface area contributed by atoms with Gasteiger partial charge >= 0.3 is 5.97 Å². The monoisotopic (exact) mass is 470 g/mol. The van der Waals surface area contributed by atoms with Gasteiger partial charge in [0.1, 0.15) is 6.10 Å². The van der Waals surface area contributed by atoms with Gasteiger partial charge in [-0.1, -0.05) is 53.2 Å². The van der Waals surface area contributed by atoms with E-state index in [0.29, 0.717) is 17.8 Å². The van der Waals surface area contributed by atoms with E-state index in [-0.39, 0.29) is 45.4 Å². The zero-order valence-electron chi connectivity index (χ0n) is 22.4. The quantitative estimate of drug-likeness (QED) is 0.352. The summed E-state index contributed by atoms with van der Waals surface area (Å²) in [5.74, 6) is 0.761. The van der Waals surface area contributed by atoms with Gasteiger partial charge in [-0.15, -0.1) is 0 Å². The molecule has 5 fully saturated rings. The van der Waals surface area contributed by atoms with Crippen LogP contribution in [-0.4, -0.2) is 34.5 Å². The Balaban J connectivity index is 1.43. The maximum absolute atomic E-state index is 12.3. The lowest BCUT2D eigenvalue weighted by Crippen LogP contribution is -2.66. The molecule has 1 saturated heterocycles. The largest absolute Gasteiger partial charge is 0.481 e. The van der Waals surface area contributed by atoms with Crippen LogP contribution in [0.4, 0.5) is 0 Å². The van der Waals surface area contributed by atoms with Crippen LogP contribution in [0.2, 0.25) is 0 Å². The Labute approximate surface area is 205 Å². The number of allylic oxidation sites excluding steroid dienone is 2. The summed E-state index contributed by atoms with van der Waals surface area (Å²) in [4.78, 5) is 12.3. The predicted molar refractivity (Wildman–Crippen MR) is 132 cm³/mol. The molecule has 0 radical (unpaired) electrons. The van der Waals surface area contributed by atoms with E-state index in [4.69, 9.17) is 4.74 Å². The van der Waals surface area contributed by atoms with Gasteiger partial charge in [0.15, 0.2) is 0 Å². The lowest BCUT2D eigenvalue weighted by atomic mass is 9.33. The average molecular weight is 471 g/mol. The molecule has 5 aliphatic carbocycles. The molecule has 1 aliphatic heterocycles. The van der Waals surface area contributed by atoms with Crippen molar-refractivity contribution in [3.63, 3.8) is 0 Å². The number of rotatable bonds is 1. The number of carbonyl (C=O) groups is 1. The number of fused-ring (bicyclic) bond motifs is 9. The summed E-state index contributed by atoms with van der Waals surface area (Å²) < 4.78 is 6.28. The highest BCUT2D eigenvalue weighted by Crippen LogP contribution is 2.77. The van der Waals surface area contributed by atoms with Gasteiger partial charge in [-0.05, 0) is 97.7 Å². The topological polar surface area (TPSA) is 70.1 Å². The van der Waals surface area contributed by atoms with Crippen molar-refractivity contribution in [1.82, 2.24) is 0 Å². The summed E-state index contributed by atoms with van der Waals surface area (Å²) in [7, 11) is 0. The van der Waals surface area contributed by atoms with Crippen LogP contribution in [-0.2, 0) is 9.53 Å². The fourth-order valence-electron chi connectivity index (χ4n) is 10.9. The highest BCUT2D eigenvalue weighted by Gasteiger charge is 2.75. The summed E-state index contributed by atoms with van der Waals surface area (Å²) in [6.45, 7) is 16.6. The maximum atomic E-state index is 12.3. The van der Waals surface area contributed by atoms with Gasteiger partial charge in [0.05, 0.1) is 17.6 Å². The molecule has 0 spiro atoms. The van der Waals surface area contributed by atoms with Crippen LogP contribution in [0.1, 0.15) is 99.8 Å². The zero-order valence-corrected chi connectivity index (χ0v) is 22.4. The van der Waals surface area contributed by atoms with Crippen molar-refractivity contribution in [3.05, 3.63) is 11.6 Å². The maximum Gasteiger partial charge on any atom is 0.309 e. The summed E-state index contributed by atoms with van der Waals surface area (Å²) in [5.41, 5.74) is 1.45. The lowest BCUT2D eigenvalue weighted by molar-refractivity contribution is -0.193. The normalized spacial score (nSPS) is 59.4. The van der Waals surface area contributed by atoms with Gasteiger partial charge in [0.2, 0.25) is 0 Å². The SMILES string of the molecule is CC1(C)C2CC[C@]3(C)C(CC=C4C5C[C@@](C)(C(=O)O)CC[C@]5(C)CC[C@]43C)[C@@]2(C)[C@H]2O[C@H]2[C@@H]1O. The second-order valence-electron chi connectivity index (χ2n) is 15.2. The number of hydrogen-bond donors (Lipinski definition) is 2. The zero-order chi connectivity index (χ0) is 24.7. The van der Waals surface area contributed by atoms with Gasteiger partial charge in [-0.2, -0.15) is 0 Å². The van der Waals surface area contributed by atoms with Crippen molar-refractivity contribution >= 4 is 5.97 Å². The third-order valence-electron chi connectivity index (χ3n) is 13.6. The van der Waals surface area contributed by atoms with E-state index in [1.165, 1.54) is 19.3 Å². The Morgan fingerprint density at radius 1 is 0.971 bits per heavy atom. The number of aliphatic carboxylic acids is 1. The number of carboxylic acid groups (broad SMARTS) is 1. The third kappa shape index (κ3) is 2.51. The number of aliphatic hydroxyl groups excluding tert-OH is 1. The number of epoxide rings is 1. The van der Waals surface area contributed by atoms with E-state index in [1.807, 2.05) is 6.92 Å². The first kappa shape index (κ1) is 23.5. The summed E-state index contributed by atoms with van der Waals surface area (Å²) in [6.07, 6.45) is 10.9. The molecular weight excluding hydrogens is 424 g/mol. The minimum absolute atomic E-state index is 0.000971. The van der Waals surface area contributed by atoms with Crippen LogP contribution in [0.5, 0.6) is 0 Å². The number of ether oxygens (including phenoxy) is 1. The van der Waals surface area contributed by atoms with E-state index in [9.17, 15) is 15.0 Å². The van der Waals surface area contributed by atoms with E-state index in [2.05, 4.69) is 47.6 Å². The summed E-state index contributed by atoms with van der Waals surface area (Å²) in [6, 6.07) is 0. The molecule has 0 aromatic carbocycles. The van der Waals surface area contributed by atoms with Crippen LogP contribution in [0.15, 0.2) is 11.6 Å². The molecule has 6 rings (SSSR count). The first-order chi connectivity index (χ1) is 15.7. The van der Waals surface area contributed by atoms with Gasteiger partial charge in [-0.25, -0.2) is 0 Å². The molecule has 11 atom stereocenters. The molecule has 0 bridgehead atoms. The fourth-order valence-corrected chi connectivity index (χ4v) is 10.9. The molecule has 0 aromatic rings. The van der Waals surface area contributed by atoms with Crippen molar-refractivity contribution in [3.8, 4) is 0 Å². The van der Waals surface area contributed by atoms with Crippen LogP contribution >= 0.6 is 0 Å². The first-order valence-corrected chi connectivity index (χ1v) is 13.9. The Morgan fingerprint density at radius 3 is 2.32 bits per heavy atom. The fraction of sp³-hybridized carbons (Fsp3) is 0.900. The first-order valence-electron chi connectivity index (χ1n) is 13.9. The Kier molecular flexibility index (Phi) is 4.51. The average Bonchev–Trinajstić information content (AvgIpc) is 3.56. The van der Waals surface area contributed by atoms with Crippen molar-refractivity contribution in [1.29, 1.82) is 0 Å². The van der Waals surface area contributed by atoms with Gasteiger partial charge in [-0.3, -0.25) is 4.79 Å². The minimum Gasteiger partial charge on any atom is -0.481 e. The Bertz CT molecular complexity index is 969.